The first kappa shape index (κ1) is 22.0. The Morgan fingerprint density at radius 2 is 1.29 bits per heavy atom. The number of benzene rings is 3. The third kappa shape index (κ3) is 5.45. The molecule has 3 aromatic carbocycles. The van der Waals surface area contributed by atoms with E-state index in [1.165, 1.54) is 19.1 Å². The lowest BCUT2D eigenvalue weighted by atomic mass is 10.00. The van der Waals surface area contributed by atoms with Gasteiger partial charge < -0.3 is 9.47 Å². The summed E-state index contributed by atoms with van der Waals surface area (Å²) in [4.78, 5) is 23.3. The van der Waals surface area contributed by atoms with E-state index in [9.17, 15) is 14.0 Å². The summed E-state index contributed by atoms with van der Waals surface area (Å²) in [5.41, 5.74) is 3.62. The maximum absolute atomic E-state index is 14.3. The molecule has 0 atom stereocenters. The van der Waals surface area contributed by atoms with E-state index in [1.807, 2.05) is 36.4 Å². The molecule has 0 N–H and O–H groups in total. The second kappa shape index (κ2) is 9.39. The average molecular weight is 418 g/mol. The van der Waals surface area contributed by atoms with Crippen LogP contribution in [-0.4, -0.2) is 11.9 Å². The number of hydrogen-bond donors (Lipinski definition) is 0. The third-order valence-corrected chi connectivity index (χ3v) is 4.58. The van der Waals surface area contributed by atoms with E-state index in [0.29, 0.717) is 11.3 Å². The predicted molar refractivity (Wildman–Crippen MR) is 118 cm³/mol. The molecule has 5 heteroatoms. The minimum Gasteiger partial charge on any atom is -0.426 e. The average Bonchev–Trinajstić information content (AvgIpc) is 2.75. The summed E-state index contributed by atoms with van der Waals surface area (Å²) in [7, 11) is 0. The molecule has 0 saturated heterocycles. The van der Waals surface area contributed by atoms with Gasteiger partial charge in [-0.3, -0.25) is 4.79 Å². The minimum atomic E-state index is -0.666. The number of carbonyl (C=O) groups is 2. The highest BCUT2D eigenvalue weighted by atomic mass is 19.1. The van der Waals surface area contributed by atoms with Gasteiger partial charge >= 0.3 is 11.9 Å². The Bertz CT molecular complexity index is 1110. The van der Waals surface area contributed by atoms with Crippen molar-refractivity contribution < 1.29 is 23.5 Å². The highest BCUT2D eigenvalue weighted by molar-refractivity contribution is 5.88. The van der Waals surface area contributed by atoms with Gasteiger partial charge in [0.25, 0.3) is 0 Å². The molecule has 0 heterocycles. The molecule has 0 saturated carbocycles. The van der Waals surface area contributed by atoms with E-state index < -0.39 is 11.8 Å². The molecule has 4 nitrogen and oxygen atoms in total. The lowest BCUT2D eigenvalue weighted by Gasteiger charge is -2.09. The Morgan fingerprint density at radius 3 is 1.77 bits per heavy atom. The molecule has 0 amide bonds. The predicted octanol–water partition coefficient (Wildman–Crippen LogP) is 6.20. The van der Waals surface area contributed by atoms with Crippen LogP contribution in [0.25, 0.3) is 22.3 Å². The van der Waals surface area contributed by atoms with Gasteiger partial charge in [-0.15, -0.1) is 0 Å². The van der Waals surface area contributed by atoms with Crippen LogP contribution < -0.4 is 9.47 Å². The summed E-state index contributed by atoms with van der Waals surface area (Å²) in [6.45, 7) is 8.55. The Balaban J connectivity index is 1.74. The van der Waals surface area contributed by atoms with E-state index in [4.69, 9.17) is 9.47 Å². The molecule has 0 aliphatic heterocycles. The lowest BCUT2D eigenvalue weighted by molar-refractivity contribution is -0.137. The third-order valence-electron chi connectivity index (χ3n) is 4.58. The maximum atomic E-state index is 14.3. The molecule has 0 aromatic heterocycles. The van der Waals surface area contributed by atoms with Crippen LogP contribution in [0, 0.1) is 11.7 Å². The molecule has 31 heavy (non-hydrogen) atoms. The SMILES string of the molecule is C=C(C)C(=O)Oc1ccc(-c2ccc(-c3ccc(OC(=O)C(C)C)cc3)cc2)cc1F. The molecule has 3 aromatic rings. The van der Waals surface area contributed by atoms with Gasteiger partial charge in [-0.25, -0.2) is 9.18 Å². The first-order chi connectivity index (χ1) is 14.7. The van der Waals surface area contributed by atoms with Crippen LogP contribution in [0.2, 0.25) is 0 Å². The first-order valence-corrected chi connectivity index (χ1v) is 9.84. The second-order valence-electron chi connectivity index (χ2n) is 7.49. The number of ether oxygens (including phenoxy) is 2. The molecule has 0 radical (unpaired) electrons. The van der Waals surface area contributed by atoms with Gasteiger partial charge in [-0.2, -0.15) is 0 Å². The minimum absolute atomic E-state index is 0.133. The fraction of sp³-hybridized carbons (Fsp3) is 0.154. The summed E-state index contributed by atoms with van der Waals surface area (Å²) in [5.74, 6) is -1.38. The Hall–Kier alpha value is -3.73. The van der Waals surface area contributed by atoms with Crippen LogP contribution in [0.4, 0.5) is 4.39 Å². The first-order valence-electron chi connectivity index (χ1n) is 9.84. The molecule has 0 aliphatic rings. The fourth-order valence-electron chi connectivity index (χ4n) is 2.75. The molecule has 0 fully saturated rings. The molecule has 0 bridgehead atoms. The van der Waals surface area contributed by atoms with Gasteiger partial charge in [0.15, 0.2) is 11.6 Å². The van der Waals surface area contributed by atoms with Crippen molar-refractivity contribution in [2.24, 2.45) is 5.92 Å². The van der Waals surface area contributed by atoms with E-state index >= 15 is 0 Å². The van der Waals surface area contributed by atoms with Crippen molar-refractivity contribution >= 4 is 11.9 Å². The van der Waals surface area contributed by atoms with Gasteiger partial charge in [0.1, 0.15) is 5.75 Å². The number of hydrogen-bond acceptors (Lipinski definition) is 4. The summed E-state index contributed by atoms with van der Waals surface area (Å²) >= 11 is 0. The van der Waals surface area contributed by atoms with Crippen molar-refractivity contribution in [2.75, 3.05) is 0 Å². The van der Waals surface area contributed by atoms with Crippen molar-refractivity contribution in [3.63, 3.8) is 0 Å². The second-order valence-corrected chi connectivity index (χ2v) is 7.49. The van der Waals surface area contributed by atoms with Gasteiger partial charge in [-0.1, -0.05) is 62.9 Å². The molecule has 0 aliphatic carbocycles. The molecular formula is C26H23FO4. The molecule has 0 spiro atoms. The van der Waals surface area contributed by atoms with Crippen LogP contribution >= 0.6 is 0 Å². The van der Waals surface area contributed by atoms with Gasteiger partial charge in [-0.05, 0) is 53.4 Å². The van der Waals surface area contributed by atoms with Gasteiger partial charge in [0, 0.05) is 5.57 Å². The van der Waals surface area contributed by atoms with Gasteiger partial charge in [0.05, 0.1) is 5.92 Å². The van der Waals surface area contributed by atoms with Crippen molar-refractivity contribution in [3.05, 3.63) is 84.7 Å². The van der Waals surface area contributed by atoms with Crippen molar-refractivity contribution in [1.29, 1.82) is 0 Å². The normalized spacial score (nSPS) is 10.6. The van der Waals surface area contributed by atoms with Crippen LogP contribution in [0.5, 0.6) is 11.5 Å². The van der Waals surface area contributed by atoms with E-state index in [2.05, 4.69) is 6.58 Å². The zero-order valence-electron chi connectivity index (χ0n) is 17.6. The number of esters is 2. The summed E-state index contributed by atoms with van der Waals surface area (Å²) in [6, 6.07) is 19.3. The fourth-order valence-corrected chi connectivity index (χ4v) is 2.75. The molecule has 3 rings (SSSR count). The summed E-state index contributed by atoms with van der Waals surface area (Å²) < 4.78 is 24.6. The van der Waals surface area contributed by atoms with Crippen molar-refractivity contribution in [3.8, 4) is 33.8 Å². The monoisotopic (exact) mass is 418 g/mol. The zero-order chi connectivity index (χ0) is 22.5. The maximum Gasteiger partial charge on any atom is 0.338 e. The summed E-state index contributed by atoms with van der Waals surface area (Å²) in [5, 5.41) is 0. The van der Waals surface area contributed by atoms with Crippen LogP contribution in [0.1, 0.15) is 20.8 Å². The largest absolute Gasteiger partial charge is 0.426 e. The van der Waals surface area contributed by atoms with Crippen LogP contribution in [0.15, 0.2) is 78.9 Å². The van der Waals surface area contributed by atoms with Crippen LogP contribution in [0.3, 0.4) is 0 Å². The van der Waals surface area contributed by atoms with E-state index in [0.717, 1.165) is 16.7 Å². The van der Waals surface area contributed by atoms with E-state index in [-0.39, 0.29) is 23.2 Å². The zero-order valence-corrected chi connectivity index (χ0v) is 17.6. The summed E-state index contributed by atoms with van der Waals surface area (Å²) in [6.07, 6.45) is 0. The van der Waals surface area contributed by atoms with E-state index in [1.54, 1.807) is 32.0 Å². The Morgan fingerprint density at radius 1 is 0.806 bits per heavy atom. The number of carbonyl (C=O) groups excluding carboxylic acids is 2. The molecule has 0 unspecified atom stereocenters. The topological polar surface area (TPSA) is 52.6 Å². The number of rotatable bonds is 6. The van der Waals surface area contributed by atoms with Crippen molar-refractivity contribution in [1.82, 2.24) is 0 Å². The highest BCUT2D eigenvalue weighted by Crippen LogP contribution is 2.29. The van der Waals surface area contributed by atoms with Crippen molar-refractivity contribution in [2.45, 2.75) is 20.8 Å². The van der Waals surface area contributed by atoms with Crippen LogP contribution in [-0.2, 0) is 9.59 Å². The number of halogens is 1. The Kier molecular flexibility index (Phi) is 6.65. The highest BCUT2D eigenvalue weighted by Gasteiger charge is 2.12. The standard InChI is InChI=1S/C26H23FO4/c1-16(2)25(28)30-22-12-9-19(10-13-22)18-5-7-20(8-6-18)21-11-14-24(23(27)15-21)31-26(29)17(3)4/h5-16H,3H2,1-2,4H3. The quantitative estimate of drug-likeness (QED) is 0.272. The van der Waals surface area contributed by atoms with Gasteiger partial charge in [0.2, 0.25) is 0 Å². The Labute approximate surface area is 180 Å². The lowest BCUT2D eigenvalue weighted by Crippen LogP contribution is -2.14. The molecular weight excluding hydrogens is 395 g/mol. The molecule has 158 valence electrons. The smallest absolute Gasteiger partial charge is 0.338 e.